The molecule has 0 radical (unpaired) electrons. The highest BCUT2D eigenvalue weighted by Gasteiger charge is 2.24. The first-order chi connectivity index (χ1) is 10.2. The van der Waals surface area contributed by atoms with Crippen molar-refractivity contribution in [3.63, 3.8) is 0 Å². The molecule has 0 aromatic heterocycles. The number of hydrogen-bond donors (Lipinski definition) is 0. The fraction of sp³-hybridized carbons (Fsp3) is 1.00. The topological polar surface area (TPSA) is 0 Å². The highest BCUT2D eigenvalue weighted by atomic mass is 35.5. The number of quaternary nitrogens is 2. The van der Waals surface area contributed by atoms with E-state index in [1.54, 1.807) is 0 Å². The van der Waals surface area contributed by atoms with E-state index in [0.717, 1.165) is 4.48 Å². The molecule has 24 heavy (non-hydrogen) atoms. The lowest BCUT2D eigenvalue weighted by Crippen LogP contribution is -3.00. The molecule has 0 fully saturated rings. The number of hydrogen-bond acceptors (Lipinski definition) is 0. The minimum Gasteiger partial charge on any atom is -1.00 e. The first kappa shape index (κ1) is 32.2. The maximum absolute atomic E-state index is 2.33. The molecule has 0 unspecified atom stereocenters. The predicted octanol–water partition coefficient (Wildman–Crippen LogP) is -0.666. The molecule has 0 amide bonds. The van der Waals surface area contributed by atoms with Crippen LogP contribution in [0.4, 0.5) is 0 Å². The molecule has 0 heterocycles. The monoisotopic (exact) mass is 386 g/mol. The molecule has 0 N–H and O–H groups in total. The van der Waals surface area contributed by atoms with E-state index in [2.05, 4.69) is 55.9 Å². The summed E-state index contributed by atoms with van der Waals surface area (Å²) >= 11 is 0. The van der Waals surface area contributed by atoms with Gasteiger partial charge in [0.2, 0.25) is 0 Å². The summed E-state index contributed by atoms with van der Waals surface area (Å²) in [6, 6.07) is 0. The lowest BCUT2D eigenvalue weighted by Gasteiger charge is -2.39. The van der Waals surface area contributed by atoms with Crippen LogP contribution in [-0.4, -0.2) is 63.3 Å². The van der Waals surface area contributed by atoms with Gasteiger partial charge in [-0.1, -0.05) is 53.4 Å². The Bertz CT molecular complexity index is 185. The van der Waals surface area contributed by atoms with Crippen molar-refractivity contribution in [3.05, 3.63) is 0 Å². The van der Waals surface area contributed by atoms with E-state index < -0.39 is 0 Å². The summed E-state index contributed by atoms with van der Waals surface area (Å²) in [4.78, 5) is 0. The lowest BCUT2D eigenvalue weighted by molar-refractivity contribution is -0.929. The van der Waals surface area contributed by atoms with Crippen molar-refractivity contribution in [3.8, 4) is 0 Å². The van der Waals surface area contributed by atoms with Crippen LogP contribution in [0.2, 0.25) is 0 Å². The fourth-order valence-electron chi connectivity index (χ4n) is 2.64. The summed E-state index contributed by atoms with van der Waals surface area (Å²) in [7, 11) is 8.50. The number of unbranched alkanes of at least 4 members (excludes halogenated alkanes) is 4. The Balaban J connectivity index is -0.000000250. The first-order valence-electron chi connectivity index (χ1n) is 9.88. The second-order valence-electron chi connectivity index (χ2n) is 8.33. The zero-order valence-corrected chi connectivity index (χ0v) is 19.6. The minimum absolute atomic E-state index is 0. The molecule has 4 heteroatoms. The van der Waals surface area contributed by atoms with Gasteiger partial charge in [0.25, 0.3) is 0 Å². The van der Waals surface area contributed by atoms with Crippen LogP contribution in [0.3, 0.4) is 0 Å². The van der Waals surface area contributed by atoms with Gasteiger partial charge in [0.05, 0.1) is 54.4 Å². The van der Waals surface area contributed by atoms with Gasteiger partial charge in [-0.05, 0) is 25.7 Å². The average molecular weight is 388 g/mol. The summed E-state index contributed by atoms with van der Waals surface area (Å²) in [6.07, 6.45) is 11.1. The van der Waals surface area contributed by atoms with Gasteiger partial charge in [-0.2, -0.15) is 0 Å². The number of rotatable bonds is 12. The Labute approximate surface area is 167 Å². The van der Waals surface area contributed by atoms with E-state index in [1.165, 1.54) is 82.0 Å². The standard InChI is InChI=1S/C16H36N.C4H12N.2ClH/c1-5-9-13-17(14-10-6-2,15-11-7-3)16-12-8-4;1-5(2,3)4;;/h5-16H2,1-4H3;1-4H3;2*1H/q2*+1;;/p-2. The summed E-state index contributed by atoms with van der Waals surface area (Å²) in [6.45, 7) is 15.0. The van der Waals surface area contributed by atoms with Crippen molar-refractivity contribution >= 4 is 0 Å². The van der Waals surface area contributed by atoms with E-state index in [1.807, 2.05) is 0 Å². The maximum atomic E-state index is 2.33. The van der Waals surface area contributed by atoms with Gasteiger partial charge in [0.1, 0.15) is 0 Å². The van der Waals surface area contributed by atoms with Crippen LogP contribution in [0.25, 0.3) is 0 Å². The smallest absolute Gasteiger partial charge is 0.0786 e. The molecule has 0 aliphatic carbocycles. The second kappa shape index (κ2) is 19.8. The third-order valence-electron chi connectivity index (χ3n) is 3.94. The van der Waals surface area contributed by atoms with Gasteiger partial charge < -0.3 is 33.8 Å². The molecular formula is C20H48Cl2N2. The Kier molecular flexibility index (Phi) is 26.6. The van der Waals surface area contributed by atoms with Crippen molar-refractivity contribution in [1.82, 2.24) is 0 Å². The SMILES string of the molecule is CCCC[N+](CCCC)(CCCC)CCCC.C[N+](C)(C)C.[Cl-].[Cl-]. The van der Waals surface area contributed by atoms with Crippen molar-refractivity contribution in [1.29, 1.82) is 0 Å². The van der Waals surface area contributed by atoms with Crippen molar-refractivity contribution < 1.29 is 33.8 Å². The lowest BCUT2D eigenvalue weighted by atomic mass is 10.1. The minimum atomic E-state index is 0. The maximum Gasteiger partial charge on any atom is 0.0786 e. The average Bonchev–Trinajstić information content (AvgIpc) is 2.44. The van der Waals surface area contributed by atoms with Crippen LogP contribution in [0.5, 0.6) is 0 Å². The number of nitrogens with zero attached hydrogens (tertiary/aromatic N) is 2. The van der Waals surface area contributed by atoms with Crippen molar-refractivity contribution in [2.24, 2.45) is 0 Å². The summed E-state index contributed by atoms with van der Waals surface area (Å²) in [5.74, 6) is 0. The van der Waals surface area contributed by atoms with Crippen LogP contribution < -0.4 is 24.8 Å². The fourth-order valence-corrected chi connectivity index (χ4v) is 2.64. The Hall–Kier alpha value is 0.500. The molecule has 0 aromatic carbocycles. The van der Waals surface area contributed by atoms with Crippen LogP contribution in [0, 0.1) is 0 Å². The first-order valence-corrected chi connectivity index (χ1v) is 9.88. The quantitative estimate of drug-likeness (QED) is 0.390. The molecule has 0 saturated carbocycles. The largest absolute Gasteiger partial charge is 1.00 e. The highest BCUT2D eigenvalue weighted by Crippen LogP contribution is 2.16. The third-order valence-corrected chi connectivity index (χ3v) is 3.94. The van der Waals surface area contributed by atoms with Crippen LogP contribution in [-0.2, 0) is 0 Å². The molecular weight excluding hydrogens is 339 g/mol. The molecule has 2 nitrogen and oxygen atoms in total. The summed E-state index contributed by atoms with van der Waals surface area (Å²) < 4.78 is 2.42. The van der Waals surface area contributed by atoms with Gasteiger partial charge in [-0.15, -0.1) is 0 Å². The van der Waals surface area contributed by atoms with E-state index in [4.69, 9.17) is 0 Å². The molecule has 152 valence electrons. The van der Waals surface area contributed by atoms with Crippen LogP contribution in [0.1, 0.15) is 79.1 Å². The van der Waals surface area contributed by atoms with Crippen LogP contribution in [0.15, 0.2) is 0 Å². The molecule has 0 bridgehead atoms. The zero-order valence-electron chi connectivity index (χ0n) is 18.1. The van der Waals surface area contributed by atoms with Gasteiger partial charge in [-0.25, -0.2) is 0 Å². The molecule has 0 aromatic rings. The van der Waals surface area contributed by atoms with Crippen molar-refractivity contribution in [2.45, 2.75) is 79.1 Å². The van der Waals surface area contributed by atoms with E-state index in [-0.39, 0.29) is 24.8 Å². The van der Waals surface area contributed by atoms with E-state index >= 15 is 0 Å². The molecule has 0 saturated heterocycles. The Morgan fingerprint density at radius 2 is 0.625 bits per heavy atom. The Morgan fingerprint density at radius 1 is 0.458 bits per heavy atom. The predicted molar refractivity (Wildman–Crippen MR) is 103 cm³/mol. The highest BCUT2D eigenvalue weighted by molar-refractivity contribution is 4.49. The van der Waals surface area contributed by atoms with Gasteiger partial charge >= 0.3 is 0 Å². The van der Waals surface area contributed by atoms with Crippen LogP contribution >= 0.6 is 0 Å². The van der Waals surface area contributed by atoms with Gasteiger partial charge in [-0.3, -0.25) is 0 Å². The summed E-state index contributed by atoms with van der Waals surface area (Å²) in [5.41, 5.74) is 0. The molecule has 0 spiro atoms. The van der Waals surface area contributed by atoms with Gasteiger partial charge in [0.15, 0.2) is 0 Å². The number of halogens is 2. The Morgan fingerprint density at radius 3 is 0.750 bits per heavy atom. The van der Waals surface area contributed by atoms with Gasteiger partial charge in [0, 0.05) is 0 Å². The normalized spacial score (nSPS) is 11.0. The van der Waals surface area contributed by atoms with E-state index in [9.17, 15) is 0 Å². The zero-order chi connectivity index (χ0) is 17.5. The molecule has 0 atom stereocenters. The van der Waals surface area contributed by atoms with Crippen molar-refractivity contribution in [2.75, 3.05) is 54.4 Å². The molecule has 0 rings (SSSR count). The molecule has 0 aliphatic rings. The second-order valence-corrected chi connectivity index (χ2v) is 8.33. The molecule has 0 aliphatic heterocycles. The summed E-state index contributed by atoms with van der Waals surface area (Å²) in [5, 5.41) is 0. The van der Waals surface area contributed by atoms with E-state index in [0.29, 0.717) is 0 Å². The third kappa shape index (κ3) is 24.7.